The highest BCUT2D eigenvalue weighted by Gasteiger charge is 1.97. The average molecular weight is 231 g/mol. The first-order valence-electron chi connectivity index (χ1n) is 4.40. The van der Waals surface area contributed by atoms with Crippen molar-refractivity contribution >= 4 is 28.7 Å². The largest absolute Gasteiger partial charge is 0.363 e. The van der Waals surface area contributed by atoms with E-state index in [2.05, 4.69) is 22.5 Å². The number of thiocarbonyl (C=S) groups is 1. The number of thiazole rings is 1. The van der Waals surface area contributed by atoms with Gasteiger partial charge in [-0.15, -0.1) is 0 Å². The van der Waals surface area contributed by atoms with Gasteiger partial charge in [-0.05, 0) is 18.6 Å². The summed E-state index contributed by atoms with van der Waals surface area (Å²) >= 11 is 6.17. The predicted octanol–water partition coefficient (Wildman–Crippen LogP) is 0.810. The van der Waals surface area contributed by atoms with Crippen molar-refractivity contribution in [3.63, 3.8) is 0 Å². The molecule has 3 N–H and O–H groups in total. The number of aromatic amines is 1. The summed E-state index contributed by atoms with van der Waals surface area (Å²) in [6.07, 6.45) is 1.04. The molecule has 0 aliphatic carbocycles. The Morgan fingerprint density at radius 1 is 1.64 bits per heavy atom. The summed E-state index contributed by atoms with van der Waals surface area (Å²) in [6.45, 7) is 3.51. The molecular formula is C8H13N3OS2. The molecule has 1 heterocycles. The quantitative estimate of drug-likeness (QED) is 0.671. The summed E-state index contributed by atoms with van der Waals surface area (Å²) in [5.41, 5.74) is 0.862. The van der Waals surface area contributed by atoms with Gasteiger partial charge in [0.15, 0.2) is 5.11 Å². The molecule has 0 aromatic carbocycles. The molecule has 0 spiro atoms. The standard InChI is InChI=1S/C8H13N3OS2/c1-2-3-9-7(13)10-4-6-5-14-8(12)11-6/h5H,2-4H2,1H3,(H,11,12)(H2,9,10,13). The lowest BCUT2D eigenvalue weighted by atomic mass is 10.5. The van der Waals surface area contributed by atoms with Gasteiger partial charge in [0.25, 0.3) is 0 Å². The van der Waals surface area contributed by atoms with Gasteiger partial charge < -0.3 is 15.6 Å². The zero-order valence-electron chi connectivity index (χ0n) is 7.92. The van der Waals surface area contributed by atoms with E-state index in [1.165, 1.54) is 0 Å². The van der Waals surface area contributed by atoms with E-state index in [1.807, 2.05) is 0 Å². The van der Waals surface area contributed by atoms with E-state index in [0.717, 1.165) is 30.0 Å². The van der Waals surface area contributed by atoms with Crippen LogP contribution in [0.2, 0.25) is 0 Å². The van der Waals surface area contributed by atoms with E-state index in [1.54, 1.807) is 5.38 Å². The highest BCUT2D eigenvalue weighted by atomic mass is 32.1. The molecule has 14 heavy (non-hydrogen) atoms. The van der Waals surface area contributed by atoms with E-state index >= 15 is 0 Å². The second kappa shape index (κ2) is 5.77. The van der Waals surface area contributed by atoms with E-state index < -0.39 is 0 Å². The third-order valence-electron chi connectivity index (χ3n) is 1.55. The van der Waals surface area contributed by atoms with Crippen molar-refractivity contribution in [1.82, 2.24) is 15.6 Å². The molecule has 0 amide bonds. The van der Waals surface area contributed by atoms with Gasteiger partial charge in [-0.3, -0.25) is 4.79 Å². The third kappa shape index (κ3) is 3.89. The van der Waals surface area contributed by atoms with Crippen LogP contribution in [0.3, 0.4) is 0 Å². The Kier molecular flexibility index (Phi) is 4.61. The van der Waals surface area contributed by atoms with Crippen LogP contribution in [0.15, 0.2) is 10.2 Å². The van der Waals surface area contributed by atoms with E-state index in [-0.39, 0.29) is 4.87 Å². The number of aromatic nitrogens is 1. The van der Waals surface area contributed by atoms with Crippen molar-refractivity contribution in [2.75, 3.05) is 6.54 Å². The topological polar surface area (TPSA) is 56.9 Å². The number of nitrogens with one attached hydrogen (secondary N) is 3. The fourth-order valence-corrected chi connectivity index (χ4v) is 1.63. The summed E-state index contributed by atoms with van der Waals surface area (Å²) in [5.74, 6) is 0. The second-order valence-corrected chi connectivity index (χ2v) is 4.03. The van der Waals surface area contributed by atoms with Gasteiger partial charge in [-0.1, -0.05) is 18.3 Å². The van der Waals surface area contributed by atoms with Gasteiger partial charge in [0.05, 0.1) is 6.54 Å². The highest BCUT2D eigenvalue weighted by molar-refractivity contribution is 7.80. The molecule has 4 nitrogen and oxygen atoms in total. The van der Waals surface area contributed by atoms with E-state index in [9.17, 15) is 4.79 Å². The lowest BCUT2D eigenvalue weighted by molar-refractivity contribution is 0.792. The minimum absolute atomic E-state index is 0.0331. The normalized spacial score (nSPS) is 9.79. The van der Waals surface area contributed by atoms with Gasteiger partial charge in [0.1, 0.15) is 0 Å². The van der Waals surface area contributed by atoms with Crippen LogP contribution in [-0.4, -0.2) is 16.6 Å². The minimum atomic E-state index is -0.0331. The Balaban J connectivity index is 2.27. The molecule has 0 fully saturated rings. The van der Waals surface area contributed by atoms with Crippen LogP contribution in [-0.2, 0) is 6.54 Å². The van der Waals surface area contributed by atoms with Crippen molar-refractivity contribution in [2.24, 2.45) is 0 Å². The SMILES string of the molecule is CCCNC(=S)NCc1csc(=O)[nH]1. The third-order valence-corrected chi connectivity index (χ3v) is 2.55. The molecule has 0 saturated heterocycles. The molecule has 1 aromatic heterocycles. The van der Waals surface area contributed by atoms with Crippen LogP contribution >= 0.6 is 23.6 Å². The molecular weight excluding hydrogens is 218 g/mol. The first kappa shape index (κ1) is 11.2. The molecule has 0 atom stereocenters. The second-order valence-electron chi connectivity index (χ2n) is 2.78. The molecule has 0 aliphatic heterocycles. The van der Waals surface area contributed by atoms with Gasteiger partial charge in [0, 0.05) is 17.6 Å². The molecule has 0 bridgehead atoms. The van der Waals surface area contributed by atoms with Crippen molar-refractivity contribution in [3.05, 3.63) is 20.7 Å². The zero-order chi connectivity index (χ0) is 10.4. The van der Waals surface area contributed by atoms with Gasteiger partial charge >= 0.3 is 4.87 Å². The molecule has 0 aliphatic rings. The maximum atomic E-state index is 10.8. The van der Waals surface area contributed by atoms with Crippen LogP contribution in [0.4, 0.5) is 0 Å². The van der Waals surface area contributed by atoms with Gasteiger partial charge in [0.2, 0.25) is 0 Å². The summed E-state index contributed by atoms with van der Waals surface area (Å²) in [4.78, 5) is 13.5. The van der Waals surface area contributed by atoms with E-state index in [0.29, 0.717) is 11.7 Å². The van der Waals surface area contributed by atoms with Crippen LogP contribution in [0.25, 0.3) is 0 Å². The van der Waals surface area contributed by atoms with Crippen LogP contribution < -0.4 is 15.5 Å². The molecule has 78 valence electrons. The highest BCUT2D eigenvalue weighted by Crippen LogP contribution is 1.93. The van der Waals surface area contributed by atoms with Crippen molar-refractivity contribution in [3.8, 4) is 0 Å². The molecule has 0 radical (unpaired) electrons. The summed E-state index contributed by atoms with van der Waals surface area (Å²) in [5, 5.41) is 8.46. The Morgan fingerprint density at radius 3 is 3.00 bits per heavy atom. The number of rotatable bonds is 4. The number of hydrogen-bond donors (Lipinski definition) is 3. The summed E-state index contributed by atoms with van der Waals surface area (Å²) in [7, 11) is 0. The monoisotopic (exact) mass is 231 g/mol. The molecule has 1 aromatic rings. The Morgan fingerprint density at radius 2 is 2.43 bits per heavy atom. The van der Waals surface area contributed by atoms with Crippen LogP contribution in [0.5, 0.6) is 0 Å². The summed E-state index contributed by atoms with van der Waals surface area (Å²) in [6, 6.07) is 0. The smallest absolute Gasteiger partial charge is 0.304 e. The minimum Gasteiger partial charge on any atom is -0.363 e. The molecule has 1 rings (SSSR count). The van der Waals surface area contributed by atoms with Crippen molar-refractivity contribution in [2.45, 2.75) is 19.9 Å². The van der Waals surface area contributed by atoms with E-state index in [4.69, 9.17) is 12.2 Å². The first-order valence-corrected chi connectivity index (χ1v) is 5.69. The van der Waals surface area contributed by atoms with Crippen LogP contribution in [0.1, 0.15) is 19.0 Å². The fourth-order valence-electron chi connectivity index (χ4n) is 0.877. The Hall–Kier alpha value is -0.880. The summed E-state index contributed by atoms with van der Waals surface area (Å²) < 4.78 is 0. The number of H-pyrrole nitrogens is 1. The lowest BCUT2D eigenvalue weighted by Gasteiger charge is -2.07. The van der Waals surface area contributed by atoms with Crippen LogP contribution in [0, 0.1) is 0 Å². The van der Waals surface area contributed by atoms with Crippen molar-refractivity contribution < 1.29 is 0 Å². The molecule has 0 unspecified atom stereocenters. The first-order chi connectivity index (χ1) is 6.72. The lowest BCUT2D eigenvalue weighted by Crippen LogP contribution is -2.35. The zero-order valence-corrected chi connectivity index (χ0v) is 9.56. The predicted molar refractivity (Wildman–Crippen MR) is 62.7 cm³/mol. The average Bonchev–Trinajstić information content (AvgIpc) is 2.58. The molecule has 0 saturated carbocycles. The van der Waals surface area contributed by atoms with Gasteiger partial charge in [-0.2, -0.15) is 0 Å². The number of hydrogen-bond acceptors (Lipinski definition) is 3. The Labute approximate surface area is 91.7 Å². The van der Waals surface area contributed by atoms with Gasteiger partial charge in [-0.25, -0.2) is 0 Å². The maximum Gasteiger partial charge on any atom is 0.304 e. The Bertz CT molecular complexity index is 344. The fraction of sp³-hybridized carbons (Fsp3) is 0.500. The molecule has 6 heteroatoms. The van der Waals surface area contributed by atoms with Crippen molar-refractivity contribution in [1.29, 1.82) is 0 Å². The maximum absolute atomic E-state index is 10.8.